The largest absolute Gasteiger partial charge is 0.310 e. The number of aromatic nitrogens is 4. The smallest absolute Gasteiger partial charge is 0.227 e. The predicted octanol–water partition coefficient (Wildman–Crippen LogP) is 3.65. The molecule has 0 aliphatic heterocycles. The second-order valence-electron chi connectivity index (χ2n) is 5.84. The molecule has 128 valence electrons. The molecule has 3 aromatic rings. The molecule has 2 heterocycles. The molecule has 0 atom stereocenters. The zero-order chi connectivity index (χ0) is 17.8. The van der Waals surface area contributed by atoms with Crippen LogP contribution in [-0.2, 0) is 11.3 Å². The first-order valence-corrected chi connectivity index (χ1v) is 8.39. The van der Waals surface area contributed by atoms with Crippen LogP contribution >= 0.6 is 12.2 Å². The van der Waals surface area contributed by atoms with Crippen LogP contribution in [0.2, 0.25) is 0 Å². The minimum atomic E-state index is -0.111. The highest BCUT2D eigenvalue weighted by atomic mass is 32.1. The number of hydrogen-bond donors (Lipinski definition) is 2. The molecule has 1 amide bonds. The number of carbonyl (C=O) groups is 1. The maximum absolute atomic E-state index is 12.2. The van der Waals surface area contributed by atoms with E-state index in [0.717, 1.165) is 22.5 Å². The molecule has 1 aromatic carbocycles. The third kappa shape index (κ3) is 4.00. The first kappa shape index (κ1) is 17.0. The van der Waals surface area contributed by atoms with Gasteiger partial charge in [-0.15, -0.1) is 0 Å². The summed E-state index contributed by atoms with van der Waals surface area (Å²) in [5, 5.41) is 9.95. The predicted molar refractivity (Wildman–Crippen MR) is 99.8 cm³/mol. The first-order chi connectivity index (χ1) is 12.0. The number of anilines is 1. The topological polar surface area (TPSA) is 75.6 Å². The molecule has 0 radical (unpaired) electrons. The third-order valence-electron chi connectivity index (χ3n) is 3.86. The van der Waals surface area contributed by atoms with Gasteiger partial charge in [-0.3, -0.25) is 14.5 Å². The molecule has 0 spiro atoms. The summed E-state index contributed by atoms with van der Waals surface area (Å²) >= 11 is 5.31. The summed E-state index contributed by atoms with van der Waals surface area (Å²) in [4.78, 5) is 16.4. The van der Waals surface area contributed by atoms with Gasteiger partial charge < -0.3 is 5.32 Å². The summed E-state index contributed by atoms with van der Waals surface area (Å²) in [5.41, 5.74) is 3.03. The molecule has 3 rings (SSSR count). The number of aromatic amines is 1. The van der Waals surface area contributed by atoms with Crippen LogP contribution in [0.25, 0.3) is 11.4 Å². The molecule has 2 aromatic heterocycles. The first-order valence-electron chi connectivity index (χ1n) is 7.98. The van der Waals surface area contributed by atoms with Gasteiger partial charge in [0.2, 0.25) is 5.91 Å². The summed E-state index contributed by atoms with van der Waals surface area (Å²) in [6.45, 7) is 4.37. The van der Waals surface area contributed by atoms with Gasteiger partial charge >= 0.3 is 0 Å². The Morgan fingerprint density at radius 3 is 2.88 bits per heavy atom. The number of H-pyrrole nitrogens is 1. The van der Waals surface area contributed by atoms with E-state index in [9.17, 15) is 4.79 Å². The van der Waals surface area contributed by atoms with Gasteiger partial charge in [0, 0.05) is 24.7 Å². The van der Waals surface area contributed by atoms with Gasteiger partial charge in [0.05, 0.1) is 0 Å². The molecule has 2 N–H and O–H groups in total. The maximum Gasteiger partial charge on any atom is 0.227 e. The van der Waals surface area contributed by atoms with E-state index >= 15 is 0 Å². The molecule has 0 saturated heterocycles. The fourth-order valence-corrected chi connectivity index (χ4v) is 2.78. The average Bonchev–Trinajstić information content (AvgIpc) is 2.96. The number of carbonyl (C=O) groups excluding carboxylic acids is 1. The zero-order valence-electron chi connectivity index (χ0n) is 14.1. The quantitative estimate of drug-likeness (QED) is 0.687. The Balaban J connectivity index is 1.74. The van der Waals surface area contributed by atoms with Crippen molar-refractivity contribution in [3.63, 3.8) is 0 Å². The molecule has 0 bridgehead atoms. The Morgan fingerprint density at radius 2 is 2.12 bits per heavy atom. The fourth-order valence-electron chi connectivity index (χ4n) is 2.55. The lowest BCUT2D eigenvalue weighted by atomic mass is 10.1. The highest BCUT2D eigenvalue weighted by Gasteiger charge is 2.11. The van der Waals surface area contributed by atoms with Crippen LogP contribution in [0.5, 0.6) is 0 Å². The highest BCUT2D eigenvalue weighted by molar-refractivity contribution is 7.71. The summed E-state index contributed by atoms with van der Waals surface area (Å²) in [7, 11) is 0. The Bertz CT molecular complexity index is 960. The van der Waals surface area contributed by atoms with Gasteiger partial charge in [-0.2, -0.15) is 5.10 Å². The minimum absolute atomic E-state index is 0.111. The molecule has 0 fully saturated rings. The van der Waals surface area contributed by atoms with Crippen molar-refractivity contribution in [2.75, 3.05) is 5.32 Å². The van der Waals surface area contributed by atoms with E-state index in [1.807, 2.05) is 54.8 Å². The lowest BCUT2D eigenvalue weighted by Gasteiger charge is -2.09. The molecule has 0 unspecified atom stereocenters. The molecular formula is C18H19N5OS. The SMILES string of the molecule is Cc1cccc(-c2n[nH]c(=S)n2CCC(=O)Nc2ncccc2C)c1. The Labute approximate surface area is 150 Å². The number of amides is 1. The van der Waals surface area contributed by atoms with E-state index < -0.39 is 0 Å². The van der Waals surface area contributed by atoms with E-state index in [1.54, 1.807) is 6.20 Å². The summed E-state index contributed by atoms with van der Waals surface area (Å²) in [6, 6.07) is 11.8. The van der Waals surface area contributed by atoms with Crippen molar-refractivity contribution < 1.29 is 4.79 Å². The van der Waals surface area contributed by atoms with Crippen molar-refractivity contribution in [3.05, 3.63) is 58.5 Å². The fraction of sp³-hybridized carbons (Fsp3) is 0.222. The van der Waals surface area contributed by atoms with Crippen molar-refractivity contribution in [2.45, 2.75) is 26.8 Å². The van der Waals surface area contributed by atoms with Gasteiger partial charge in [0.25, 0.3) is 0 Å². The molecule has 0 aliphatic carbocycles. The van der Waals surface area contributed by atoms with Crippen molar-refractivity contribution in [3.8, 4) is 11.4 Å². The number of nitrogens with one attached hydrogen (secondary N) is 2. The molecule has 0 aliphatic rings. The summed E-state index contributed by atoms with van der Waals surface area (Å²) in [5.74, 6) is 1.21. The second-order valence-corrected chi connectivity index (χ2v) is 6.23. The Hall–Kier alpha value is -2.80. The van der Waals surface area contributed by atoms with Gasteiger partial charge in [0.1, 0.15) is 5.82 Å². The Kier molecular flexibility index (Phi) is 5.04. The lowest BCUT2D eigenvalue weighted by molar-refractivity contribution is -0.116. The van der Waals surface area contributed by atoms with E-state index in [1.165, 1.54) is 0 Å². The summed E-state index contributed by atoms with van der Waals surface area (Å²) < 4.78 is 2.34. The van der Waals surface area contributed by atoms with E-state index in [0.29, 0.717) is 17.1 Å². The van der Waals surface area contributed by atoms with Crippen molar-refractivity contribution in [2.24, 2.45) is 0 Å². The number of benzene rings is 1. The van der Waals surface area contributed by atoms with Gasteiger partial charge in [-0.05, 0) is 43.8 Å². The average molecular weight is 353 g/mol. The van der Waals surface area contributed by atoms with Crippen LogP contribution in [0.1, 0.15) is 17.5 Å². The molecular weight excluding hydrogens is 334 g/mol. The van der Waals surface area contributed by atoms with Crippen LogP contribution < -0.4 is 5.32 Å². The van der Waals surface area contributed by atoms with Crippen LogP contribution in [0.3, 0.4) is 0 Å². The van der Waals surface area contributed by atoms with E-state index in [2.05, 4.69) is 20.5 Å². The number of rotatable bonds is 5. The number of hydrogen-bond acceptors (Lipinski definition) is 4. The van der Waals surface area contributed by atoms with Crippen LogP contribution in [0, 0.1) is 18.6 Å². The molecule has 7 heteroatoms. The van der Waals surface area contributed by atoms with E-state index in [-0.39, 0.29) is 12.3 Å². The van der Waals surface area contributed by atoms with Crippen molar-refractivity contribution in [1.29, 1.82) is 0 Å². The third-order valence-corrected chi connectivity index (χ3v) is 4.18. The molecule has 0 saturated carbocycles. The lowest BCUT2D eigenvalue weighted by Crippen LogP contribution is -2.16. The monoisotopic (exact) mass is 353 g/mol. The van der Waals surface area contributed by atoms with Crippen LogP contribution in [0.15, 0.2) is 42.6 Å². The van der Waals surface area contributed by atoms with Crippen molar-refractivity contribution in [1.82, 2.24) is 19.7 Å². The Morgan fingerprint density at radius 1 is 1.28 bits per heavy atom. The molecule has 25 heavy (non-hydrogen) atoms. The maximum atomic E-state index is 12.2. The number of nitrogens with zero attached hydrogens (tertiary/aromatic N) is 3. The minimum Gasteiger partial charge on any atom is -0.310 e. The second kappa shape index (κ2) is 7.40. The van der Waals surface area contributed by atoms with Gasteiger partial charge in [-0.25, -0.2) is 4.98 Å². The normalized spacial score (nSPS) is 10.6. The summed E-state index contributed by atoms with van der Waals surface area (Å²) in [6.07, 6.45) is 1.94. The van der Waals surface area contributed by atoms with E-state index in [4.69, 9.17) is 12.2 Å². The van der Waals surface area contributed by atoms with Gasteiger partial charge in [-0.1, -0.05) is 29.8 Å². The molecule has 6 nitrogen and oxygen atoms in total. The van der Waals surface area contributed by atoms with Crippen LogP contribution in [0.4, 0.5) is 5.82 Å². The highest BCUT2D eigenvalue weighted by Crippen LogP contribution is 2.19. The number of pyridine rings is 1. The van der Waals surface area contributed by atoms with Crippen LogP contribution in [-0.4, -0.2) is 25.7 Å². The number of aryl methyl sites for hydroxylation is 2. The zero-order valence-corrected chi connectivity index (χ0v) is 14.9. The standard InChI is InChI=1S/C18H19N5OS/c1-12-5-3-7-14(11-12)17-21-22-18(25)23(17)10-8-15(24)20-16-13(2)6-4-9-19-16/h3-7,9,11H,8,10H2,1-2H3,(H,22,25)(H,19,20,24). The van der Waals surface area contributed by atoms with Crippen molar-refractivity contribution >= 4 is 23.9 Å². The van der Waals surface area contributed by atoms with Gasteiger partial charge in [0.15, 0.2) is 10.6 Å².